The highest BCUT2D eigenvalue weighted by atomic mass is 35.5. The molecule has 7 heteroatoms. The molecule has 124 valence electrons. The maximum absolute atomic E-state index is 12.7. The molecular weight excluding hydrogens is 351 g/mol. The van der Waals surface area contributed by atoms with E-state index in [1.54, 1.807) is 42.5 Å². The van der Waals surface area contributed by atoms with E-state index in [0.29, 0.717) is 27.2 Å². The molecule has 0 unspecified atom stereocenters. The third kappa shape index (κ3) is 3.05. The van der Waals surface area contributed by atoms with Crippen molar-refractivity contribution in [1.82, 2.24) is 0 Å². The van der Waals surface area contributed by atoms with Crippen molar-refractivity contribution < 1.29 is 14.3 Å². The summed E-state index contributed by atoms with van der Waals surface area (Å²) in [5.74, 6) is -0.188. The first-order valence-electron chi connectivity index (χ1n) is 7.22. The standard InChI is InChI=1S/C17H14Cl2N2O3/c1-24-15-5-3-2-4-14(15)21-16(22)9-13(17(21)23)20-12-7-6-10(18)8-11(12)19/h2-8,13,20H,9H2,1H3/t13-/m1/s1. The van der Waals surface area contributed by atoms with Crippen LogP contribution in [0.15, 0.2) is 42.5 Å². The number of hydrogen-bond acceptors (Lipinski definition) is 4. The van der Waals surface area contributed by atoms with Crippen molar-refractivity contribution in [3.05, 3.63) is 52.5 Å². The minimum absolute atomic E-state index is 0.0375. The number of ether oxygens (including phenoxy) is 1. The number of hydrogen-bond donors (Lipinski definition) is 1. The number of benzene rings is 2. The summed E-state index contributed by atoms with van der Waals surface area (Å²) >= 11 is 12.0. The molecule has 0 bridgehead atoms. The Hall–Kier alpha value is -2.24. The maximum Gasteiger partial charge on any atom is 0.256 e. The molecule has 0 spiro atoms. The molecule has 0 aliphatic carbocycles. The molecule has 2 aromatic carbocycles. The van der Waals surface area contributed by atoms with Crippen molar-refractivity contribution in [3.8, 4) is 5.75 Å². The number of anilines is 2. The van der Waals surface area contributed by atoms with E-state index in [2.05, 4.69) is 5.32 Å². The fraction of sp³-hybridized carbons (Fsp3) is 0.176. The van der Waals surface area contributed by atoms with E-state index in [9.17, 15) is 9.59 Å². The fourth-order valence-electron chi connectivity index (χ4n) is 2.61. The van der Waals surface area contributed by atoms with E-state index in [0.717, 1.165) is 4.90 Å². The highest BCUT2D eigenvalue weighted by molar-refractivity contribution is 6.36. The second-order valence-electron chi connectivity index (χ2n) is 5.26. The molecule has 0 radical (unpaired) electrons. The Morgan fingerprint density at radius 2 is 1.92 bits per heavy atom. The van der Waals surface area contributed by atoms with Crippen LogP contribution in [0.3, 0.4) is 0 Å². The third-order valence-corrected chi connectivity index (χ3v) is 4.28. The van der Waals surface area contributed by atoms with Gasteiger partial charge in [0, 0.05) is 5.02 Å². The summed E-state index contributed by atoms with van der Waals surface area (Å²) in [7, 11) is 1.49. The van der Waals surface area contributed by atoms with Gasteiger partial charge in [0.05, 0.1) is 29.9 Å². The molecule has 24 heavy (non-hydrogen) atoms. The van der Waals surface area contributed by atoms with Gasteiger partial charge in [-0.2, -0.15) is 0 Å². The smallest absolute Gasteiger partial charge is 0.256 e. The summed E-state index contributed by atoms with van der Waals surface area (Å²) in [6.07, 6.45) is 0.0375. The predicted octanol–water partition coefficient (Wildman–Crippen LogP) is 3.75. The largest absolute Gasteiger partial charge is 0.495 e. The Bertz CT molecular complexity index is 810. The zero-order valence-corrected chi connectivity index (χ0v) is 14.3. The van der Waals surface area contributed by atoms with E-state index >= 15 is 0 Å². The molecule has 1 aliphatic rings. The molecule has 2 amide bonds. The van der Waals surface area contributed by atoms with E-state index in [-0.39, 0.29) is 18.2 Å². The van der Waals surface area contributed by atoms with E-state index in [4.69, 9.17) is 27.9 Å². The van der Waals surface area contributed by atoms with Gasteiger partial charge in [-0.15, -0.1) is 0 Å². The van der Waals surface area contributed by atoms with Crippen LogP contribution in [0.2, 0.25) is 10.0 Å². The Balaban J connectivity index is 1.86. The van der Waals surface area contributed by atoms with Gasteiger partial charge in [-0.05, 0) is 30.3 Å². The second kappa shape index (κ2) is 6.71. The van der Waals surface area contributed by atoms with Gasteiger partial charge in [0.1, 0.15) is 11.8 Å². The number of halogens is 2. The number of methoxy groups -OCH3 is 1. The van der Waals surface area contributed by atoms with Crippen molar-refractivity contribution in [1.29, 1.82) is 0 Å². The van der Waals surface area contributed by atoms with Gasteiger partial charge >= 0.3 is 0 Å². The molecule has 1 heterocycles. The summed E-state index contributed by atoms with van der Waals surface area (Å²) in [6, 6.07) is 11.1. The highest BCUT2D eigenvalue weighted by Crippen LogP contribution is 2.33. The Kier molecular flexibility index (Phi) is 4.64. The van der Waals surface area contributed by atoms with Gasteiger partial charge in [0.25, 0.3) is 5.91 Å². The summed E-state index contributed by atoms with van der Waals surface area (Å²) < 4.78 is 5.24. The maximum atomic E-state index is 12.7. The van der Waals surface area contributed by atoms with Gasteiger partial charge in [-0.25, -0.2) is 4.90 Å². The van der Waals surface area contributed by atoms with Crippen LogP contribution < -0.4 is 15.0 Å². The lowest BCUT2D eigenvalue weighted by Crippen LogP contribution is -2.35. The van der Waals surface area contributed by atoms with Crippen LogP contribution in [0.25, 0.3) is 0 Å². The van der Waals surface area contributed by atoms with Crippen LogP contribution in [0, 0.1) is 0 Å². The molecule has 1 aliphatic heterocycles. The van der Waals surface area contributed by atoms with E-state index < -0.39 is 6.04 Å². The van der Waals surface area contributed by atoms with Gasteiger partial charge in [0.2, 0.25) is 5.91 Å². The minimum atomic E-state index is -0.693. The lowest BCUT2D eigenvalue weighted by Gasteiger charge is -2.18. The first kappa shape index (κ1) is 16.6. The quantitative estimate of drug-likeness (QED) is 0.839. The second-order valence-corrected chi connectivity index (χ2v) is 6.11. The number of carbonyl (C=O) groups excluding carboxylic acids is 2. The number of carbonyl (C=O) groups is 2. The zero-order valence-electron chi connectivity index (χ0n) is 12.8. The number of nitrogens with one attached hydrogen (secondary N) is 1. The molecule has 1 fully saturated rings. The minimum Gasteiger partial charge on any atom is -0.495 e. The molecule has 5 nitrogen and oxygen atoms in total. The molecule has 0 aromatic heterocycles. The summed E-state index contributed by atoms with van der Waals surface area (Å²) in [5, 5.41) is 3.89. The molecule has 2 aromatic rings. The van der Waals surface area contributed by atoms with Crippen molar-refractivity contribution in [2.75, 3.05) is 17.3 Å². The van der Waals surface area contributed by atoms with Gasteiger partial charge in [0.15, 0.2) is 0 Å². The van der Waals surface area contributed by atoms with Crippen molar-refractivity contribution in [3.63, 3.8) is 0 Å². The molecule has 1 saturated heterocycles. The van der Waals surface area contributed by atoms with Crippen molar-refractivity contribution in [2.24, 2.45) is 0 Å². The van der Waals surface area contributed by atoms with Crippen molar-refractivity contribution >= 4 is 46.4 Å². The number of nitrogens with zero attached hydrogens (tertiary/aromatic N) is 1. The number of imide groups is 1. The number of para-hydroxylation sites is 2. The van der Waals surface area contributed by atoms with Crippen LogP contribution in [-0.4, -0.2) is 25.0 Å². The van der Waals surface area contributed by atoms with E-state index in [1.165, 1.54) is 7.11 Å². The number of amides is 2. The van der Waals surface area contributed by atoms with Gasteiger partial charge in [-0.3, -0.25) is 9.59 Å². The number of rotatable bonds is 4. The van der Waals surface area contributed by atoms with Crippen LogP contribution in [0.4, 0.5) is 11.4 Å². The summed E-state index contributed by atoms with van der Waals surface area (Å²) in [6.45, 7) is 0. The Labute approximate surface area is 149 Å². The lowest BCUT2D eigenvalue weighted by molar-refractivity contribution is -0.121. The fourth-order valence-corrected chi connectivity index (χ4v) is 3.07. The average Bonchev–Trinajstić information content (AvgIpc) is 2.84. The van der Waals surface area contributed by atoms with E-state index in [1.807, 2.05) is 0 Å². The van der Waals surface area contributed by atoms with Crippen molar-refractivity contribution in [2.45, 2.75) is 12.5 Å². The Morgan fingerprint density at radius 3 is 2.62 bits per heavy atom. The van der Waals surface area contributed by atoms with Gasteiger partial charge < -0.3 is 10.1 Å². The molecular formula is C17H14Cl2N2O3. The van der Waals surface area contributed by atoms with Crippen LogP contribution >= 0.6 is 23.2 Å². The highest BCUT2D eigenvalue weighted by Gasteiger charge is 2.40. The van der Waals surface area contributed by atoms with Crippen LogP contribution in [0.5, 0.6) is 5.75 Å². The average molecular weight is 365 g/mol. The summed E-state index contributed by atoms with van der Waals surface area (Å²) in [4.78, 5) is 26.2. The topological polar surface area (TPSA) is 58.6 Å². The molecule has 0 saturated carbocycles. The van der Waals surface area contributed by atoms with Crippen LogP contribution in [0.1, 0.15) is 6.42 Å². The first-order chi connectivity index (χ1) is 11.5. The molecule has 1 N–H and O–H groups in total. The molecule has 3 rings (SSSR count). The summed E-state index contributed by atoms with van der Waals surface area (Å²) in [5.41, 5.74) is 0.982. The zero-order chi connectivity index (χ0) is 17.3. The third-order valence-electron chi connectivity index (χ3n) is 3.73. The predicted molar refractivity (Wildman–Crippen MR) is 94.0 cm³/mol. The SMILES string of the molecule is COc1ccccc1N1C(=O)C[C@@H](Nc2ccc(Cl)cc2Cl)C1=O. The van der Waals surface area contributed by atoms with Gasteiger partial charge in [-0.1, -0.05) is 35.3 Å². The normalized spacial score (nSPS) is 17.3. The Morgan fingerprint density at radius 1 is 1.17 bits per heavy atom. The first-order valence-corrected chi connectivity index (χ1v) is 7.98. The van der Waals surface area contributed by atoms with Crippen LogP contribution in [-0.2, 0) is 9.59 Å². The lowest BCUT2D eigenvalue weighted by atomic mass is 10.2. The monoisotopic (exact) mass is 364 g/mol. The molecule has 1 atom stereocenters.